The molecule has 2 aromatic rings. The zero-order valence-electron chi connectivity index (χ0n) is 14.7. The zero-order chi connectivity index (χ0) is 16.8. The largest absolute Gasteiger partial charge is 0.379 e. The number of ether oxygens (including phenoxy) is 1. The molecule has 0 amide bonds. The van der Waals surface area contributed by atoms with Gasteiger partial charge in [-0.3, -0.25) is 0 Å². The molecule has 0 atom stereocenters. The van der Waals surface area contributed by atoms with E-state index in [2.05, 4.69) is 74.2 Å². The first-order valence-electron chi connectivity index (χ1n) is 9.05. The Kier molecular flexibility index (Phi) is 5.72. The van der Waals surface area contributed by atoms with E-state index in [-0.39, 0.29) is 0 Å². The first-order valence-corrected chi connectivity index (χ1v) is 9.05. The van der Waals surface area contributed by atoms with Crippen LogP contribution in [0.15, 0.2) is 48.5 Å². The van der Waals surface area contributed by atoms with Crippen molar-refractivity contribution in [2.24, 2.45) is 0 Å². The summed E-state index contributed by atoms with van der Waals surface area (Å²) in [6, 6.07) is 17.2. The predicted octanol–water partition coefficient (Wildman–Crippen LogP) is 5.46. The minimum Gasteiger partial charge on any atom is -0.379 e. The molecule has 0 aliphatic heterocycles. The second-order valence-electron chi connectivity index (χ2n) is 6.67. The summed E-state index contributed by atoms with van der Waals surface area (Å²) < 4.78 is 5.75. The van der Waals surface area contributed by atoms with Crippen LogP contribution in [0.3, 0.4) is 0 Å². The molecule has 0 radical (unpaired) electrons. The van der Waals surface area contributed by atoms with Gasteiger partial charge in [0.15, 0.2) is 0 Å². The van der Waals surface area contributed by atoms with Crippen LogP contribution in [0.25, 0.3) is 0 Å². The first kappa shape index (κ1) is 16.8. The van der Waals surface area contributed by atoms with Crippen LogP contribution in [-0.2, 0) is 4.74 Å². The van der Waals surface area contributed by atoms with Crippen LogP contribution in [0.1, 0.15) is 60.8 Å². The molecule has 0 heterocycles. The quantitative estimate of drug-likeness (QED) is 0.683. The normalized spacial score (nSPS) is 20.2. The van der Waals surface area contributed by atoms with Crippen molar-refractivity contribution in [3.8, 4) is 11.8 Å². The third kappa shape index (κ3) is 4.49. The lowest BCUT2D eigenvalue weighted by Gasteiger charge is -2.28. The number of rotatable bonds is 3. The molecule has 1 nitrogen and oxygen atoms in total. The molecular formula is C23H26O. The van der Waals surface area contributed by atoms with Gasteiger partial charge in [0.2, 0.25) is 0 Å². The number of hydrogen-bond acceptors (Lipinski definition) is 1. The van der Waals surface area contributed by atoms with Gasteiger partial charge in [0.25, 0.3) is 0 Å². The van der Waals surface area contributed by atoms with E-state index in [4.69, 9.17) is 4.74 Å². The summed E-state index contributed by atoms with van der Waals surface area (Å²) in [6.07, 6.45) is 5.32. The summed E-state index contributed by atoms with van der Waals surface area (Å²) in [5.74, 6) is 7.19. The Labute approximate surface area is 146 Å². The van der Waals surface area contributed by atoms with E-state index < -0.39 is 0 Å². The molecule has 0 N–H and O–H groups in total. The molecule has 124 valence electrons. The van der Waals surface area contributed by atoms with E-state index in [1.54, 1.807) is 0 Å². The molecule has 3 rings (SSSR count). The molecule has 1 heteroatoms. The lowest BCUT2D eigenvalue weighted by Crippen LogP contribution is -2.20. The van der Waals surface area contributed by atoms with Crippen LogP contribution in [0, 0.1) is 18.8 Å². The smallest absolute Gasteiger partial charge is 0.0575 e. The van der Waals surface area contributed by atoms with Gasteiger partial charge in [-0.1, -0.05) is 41.7 Å². The van der Waals surface area contributed by atoms with Crippen molar-refractivity contribution in [3.63, 3.8) is 0 Å². The van der Waals surface area contributed by atoms with Crippen molar-refractivity contribution < 1.29 is 4.74 Å². The number of hydrogen-bond donors (Lipinski definition) is 0. The highest BCUT2D eigenvalue weighted by Crippen LogP contribution is 2.34. The molecule has 0 spiro atoms. The highest BCUT2D eigenvalue weighted by Gasteiger charge is 2.22. The average molecular weight is 318 g/mol. The zero-order valence-corrected chi connectivity index (χ0v) is 14.7. The van der Waals surface area contributed by atoms with Gasteiger partial charge in [-0.2, -0.15) is 0 Å². The Morgan fingerprint density at radius 3 is 1.92 bits per heavy atom. The molecule has 0 unspecified atom stereocenters. The molecule has 0 saturated heterocycles. The third-order valence-corrected chi connectivity index (χ3v) is 4.86. The highest BCUT2D eigenvalue weighted by atomic mass is 16.5. The Hall–Kier alpha value is -2.04. The van der Waals surface area contributed by atoms with E-state index >= 15 is 0 Å². The summed E-state index contributed by atoms with van der Waals surface area (Å²) in [7, 11) is 0. The van der Waals surface area contributed by atoms with Crippen molar-refractivity contribution in [3.05, 3.63) is 70.8 Å². The molecule has 1 aliphatic rings. The summed E-state index contributed by atoms with van der Waals surface area (Å²) >= 11 is 0. The van der Waals surface area contributed by atoms with Crippen molar-refractivity contribution in [1.82, 2.24) is 0 Å². The van der Waals surface area contributed by atoms with Crippen LogP contribution < -0.4 is 0 Å². The molecule has 1 saturated carbocycles. The van der Waals surface area contributed by atoms with Gasteiger partial charge >= 0.3 is 0 Å². The first-order chi connectivity index (χ1) is 11.7. The summed E-state index contributed by atoms with van der Waals surface area (Å²) in [5, 5.41) is 0. The Bertz CT molecular complexity index is 692. The molecule has 1 fully saturated rings. The van der Waals surface area contributed by atoms with Crippen molar-refractivity contribution in [2.75, 3.05) is 6.61 Å². The van der Waals surface area contributed by atoms with E-state index in [0.717, 1.165) is 17.7 Å². The van der Waals surface area contributed by atoms with E-state index in [0.29, 0.717) is 12.0 Å². The van der Waals surface area contributed by atoms with Crippen molar-refractivity contribution in [1.29, 1.82) is 0 Å². The van der Waals surface area contributed by atoms with Crippen LogP contribution in [-0.4, -0.2) is 12.7 Å². The van der Waals surface area contributed by atoms with E-state index in [1.807, 2.05) is 0 Å². The molecular weight excluding hydrogens is 292 g/mol. The fourth-order valence-corrected chi connectivity index (χ4v) is 3.42. The lowest BCUT2D eigenvalue weighted by molar-refractivity contribution is 0.0328. The highest BCUT2D eigenvalue weighted by molar-refractivity contribution is 5.44. The summed E-state index contributed by atoms with van der Waals surface area (Å²) in [4.78, 5) is 0. The van der Waals surface area contributed by atoms with Gasteiger partial charge in [0, 0.05) is 17.7 Å². The van der Waals surface area contributed by atoms with Gasteiger partial charge in [0.05, 0.1) is 6.10 Å². The molecule has 0 bridgehead atoms. The third-order valence-electron chi connectivity index (χ3n) is 4.86. The average Bonchev–Trinajstić information content (AvgIpc) is 2.63. The predicted molar refractivity (Wildman–Crippen MR) is 100 cm³/mol. The van der Waals surface area contributed by atoms with Gasteiger partial charge in [-0.15, -0.1) is 0 Å². The fraction of sp³-hybridized carbons (Fsp3) is 0.391. The lowest BCUT2D eigenvalue weighted by atomic mass is 9.82. The fourth-order valence-electron chi connectivity index (χ4n) is 3.42. The topological polar surface area (TPSA) is 9.23 Å². The summed E-state index contributed by atoms with van der Waals surface area (Å²) in [6.45, 7) is 5.02. The van der Waals surface area contributed by atoms with E-state index in [1.165, 1.54) is 36.8 Å². The maximum Gasteiger partial charge on any atom is 0.0575 e. The Morgan fingerprint density at radius 1 is 0.833 bits per heavy atom. The summed E-state index contributed by atoms with van der Waals surface area (Å²) in [5.41, 5.74) is 4.87. The second-order valence-corrected chi connectivity index (χ2v) is 6.67. The van der Waals surface area contributed by atoms with Crippen LogP contribution >= 0.6 is 0 Å². The SMILES string of the molecule is CCOC1CCC(c2ccc(C#Cc3ccc(C)cc3)cc2)CC1. The minimum atomic E-state index is 0.478. The molecule has 0 aromatic heterocycles. The van der Waals surface area contributed by atoms with Crippen LogP contribution in [0.4, 0.5) is 0 Å². The maximum absolute atomic E-state index is 5.75. The molecule has 2 aromatic carbocycles. The van der Waals surface area contributed by atoms with Gasteiger partial charge < -0.3 is 4.74 Å². The van der Waals surface area contributed by atoms with Gasteiger partial charge in [0.1, 0.15) is 0 Å². The minimum absolute atomic E-state index is 0.478. The maximum atomic E-state index is 5.75. The van der Waals surface area contributed by atoms with Crippen LogP contribution in [0.5, 0.6) is 0 Å². The van der Waals surface area contributed by atoms with Gasteiger partial charge in [-0.05, 0) is 75.3 Å². The van der Waals surface area contributed by atoms with Gasteiger partial charge in [-0.25, -0.2) is 0 Å². The van der Waals surface area contributed by atoms with Crippen molar-refractivity contribution >= 4 is 0 Å². The molecule has 1 aliphatic carbocycles. The van der Waals surface area contributed by atoms with Crippen LogP contribution in [0.2, 0.25) is 0 Å². The molecule has 24 heavy (non-hydrogen) atoms. The number of aryl methyl sites for hydroxylation is 1. The van der Waals surface area contributed by atoms with E-state index in [9.17, 15) is 0 Å². The second kappa shape index (κ2) is 8.18. The number of benzene rings is 2. The Balaban J connectivity index is 1.61. The standard InChI is InChI=1S/C23H26O/c1-3-24-23-16-14-22(15-17-23)21-12-10-20(11-13-21)9-8-19-6-4-18(2)5-7-19/h4-7,10-13,22-23H,3,14-17H2,1-2H3. The Morgan fingerprint density at radius 2 is 1.38 bits per heavy atom. The van der Waals surface area contributed by atoms with Crippen molar-refractivity contribution in [2.45, 2.75) is 51.6 Å². The monoisotopic (exact) mass is 318 g/mol.